The molecule has 18 heavy (non-hydrogen) atoms. The number of primary amides is 1. The minimum atomic E-state index is -4.56. The first kappa shape index (κ1) is 14.0. The second kappa shape index (κ2) is 5.52. The van der Waals surface area contributed by atoms with E-state index >= 15 is 0 Å². The predicted octanol–water partition coefficient (Wildman–Crippen LogP) is 2.19. The summed E-state index contributed by atoms with van der Waals surface area (Å²) < 4.78 is 37.4. The van der Waals surface area contributed by atoms with Crippen molar-refractivity contribution in [2.45, 2.75) is 12.6 Å². The fraction of sp³-hybridized carbons (Fsp3) is 0.273. The monoisotopic (exact) mass is 259 g/mol. The number of hydrogen-bond acceptors (Lipinski definition) is 3. The van der Waals surface area contributed by atoms with Gasteiger partial charge in [-0.15, -0.1) is 6.58 Å². The Labute approximate surface area is 102 Å². The van der Waals surface area contributed by atoms with E-state index in [2.05, 4.69) is 16.9 Å². The molecule has 1 aromatic heterocycles. The number of anilines is 1. The summed E-state index contributed by atoms with van der Waals surface area (Å²) in [4.78, 5) is 14.4. The van der Waals surface area contributed by atoms with Crippen LogP contribution in [0.25, 0.3) is 0 Å². The number of hydrogen-bond donors (Lipinski definition) is 2. The molecule has 1 aromatic rings. The van der Waals surface area contributed by atoms with Gasteiger partial charge in [-0.1, -0.05) is 6.08 Å². The smallest absolute Gasteiger partial charge is 0.369 e. The van der Waals surface area contributed by atoms with Crippen molar-refractivity contribution in [1.82, 2.24) is 4.98 Å². The lowest BCUT2D eigenvalue weighted by Gasteiger charge is -2.11. The molecule has 0 atom stereocenters. The second-order valence-electron chi connectivity index (χ2n) is 3.46. The third kappa shape index (κ3) is 3.47. The van der Waals surface area contributed by atoms with Gasteiger partial charge in [-0.25, -0.2) is 4.98 Å². The number of nitrogens with one attached hydrogen (secondary N) is 1. The molecular weight excluding hydrogens is 247 g/mol. The first-order valence-electron chi connectivity index (χ1n) is 5.09. The van der Waals surface area contributed by atoms with Gasteiger partial charge in [-0.05, 0) is 18.6 Å². The summed E-state index contributed by atoms with van der Waals surface area (Å²) in [5.74, 6) is -1.00. The van der Waals surface area contributed by atoms with Crippen LogP contribution in [0.2, 0.25) is 0 Å². The molecule has 0 fully saturated rings. The molecule has 3 N–H and O–H groups in total. The molecule has 0 unspecified atom stereocenters. The summed E-state index contributed by atoms with van der Waals surface area (Å²) in [6.07, 6.45) is -2.45. The average Bonchev–Trinajstić information content (AvgIpc) is 2.27. The summed E-state index contributed by atoms with van der Waals surface area (Å²) in [5.41, 5.74) is 3.91. The van der Waals surface area contributed by atoms with Crippen LogP contribution in [0.5, 0.6) is 0 Å². The summed E-state index contributed by atoms with van der Waals surface area (Å²) in [5, 5.41) is 2.62. The van der Waals surface area contributed by atoms with Gasteiger partial charge in [0.25, 0.3) is 5.91 Å². The highest BCUT2D eigenvalue weighted by atomic mass is 19.4. The van der Waals surface area contributed by atoms with Gasteiger partial charge < -0.3 is 11.1 Å². The average molecular weight is 259 g/mol. The molecule has 1 amide bonds. The topological polar surface area (TPSA) is 68.0 Å². The number of carbonyl (C=O) groups is 1. The maximum atomic E-state index is 12.5. The quantitative estimate of drug-likeness (QED) is 0.629. The number of carbonyl (C=O) groups excluding carboxylic acids is 1. The largest absolute Gasteiger partial charge is 0.433 e. The number of aromatic nitrogens is 1. The summed E-state index contributed by atoms with van der Waals surface area (Å²) >= 11 is 0. The van der Waals surface area contributed by atoms with Gasteiger partial charge in [0, 0.05) is 6.54 Å². The van der Waals surface area contributed by atoms with Crippen LogP contribution < -0.4 is 11.1 Å². The summed E-state index contributed by atoms with van der Waals surface area (Å²) in [6.45, 7) is 3.79. The molecule has 7 heteroatoms. The molecule has 0 aliphatic heterocycles. The molecule has 0 saturated heterocycles. The molecule has 1 rings (SSSR count). The Morgan fingerprint density at radius 2 is 2.17 bits per heavy atom. The lowest BCUT2D eigenvalue weighted by Crippen LogP contribution is -2.18. The molecule has 1 heterocycles. The van der Waals surface area contributed by atoms with Crippen molar-refractivity contribution in [2.24, 2.45) is 5.73 Å². The van der Waals surface area contributed by atoms with E-state index in [-0.39, 0.29) is 11.4 Å². The number of rotatable bonds is 5. The van der Waals surface area contributed by atoms with Crippen molar-refractivity contribution in [3.05, 3.63) is 36.0 Å². The van der Waals surface area contributed by atoms with Gasteiger partial charge in [0.05, 0.1) is 5.56 Å². The summed E-state index contributed by atoms with van der Waals surface area (Å²) in [6, 6.07) is 1.73. The highest BCUT2D eigenvalue weighted by Crippen LogP contribution is 2.29. The SMILES string of the molecule is C=CCCNc1nc(C(F)(F)F)ccc1C(N)=O. The predicted molar refractivity (Wildman–Crippen MR) is 61.1 cm³/mol. The minimum Gasteiger partial charge on any atom is -0.369 e. The molecule has 0 spiro atoms. The van der Waals surface area contributed by atoms with Crippen LogP contribution in [-0.2, 0) is 6.18 Å². The summed E-state index contributed by atoms with van der Waals surface area (Å²) in [7, 11) is 0. The standard InChI is InChI=1S/C11H12F3N3O/c1-2-3-6-16-10-7(9(15)18)4-5-8(17-10)11(12,13)14/h2,4-5H,1,3,6H2,(H2,15,18)(H,16,17). The van der Waals surface area contributed by atoms with E-state index in [1.807, 2.05) is 0 Å². The number of amides is 1. The van der Waals surface area contributed by atoms with Crippen molar-refractivity contribution in [1.29, 1.82) is 0 Å². The lowest BCUT2D eigenvalue weighted by molar-refractivity contribution is -0.141. The number of pyridine rings is 1. The van der Waals surface area contributed by atoms with E-state index in [4.69, 9.17) is 5.73 Å². The maximum Gasteiger partial charge on any atom is 0.433 e. The van der Waals surface area contributed by atoms with Gasteiger partial charge in [0.15, 0.2) is 0 Å². The fourth-order valence-corrected chi connectivity index (χ4v) is 1.24. The number of nitrogens with zero attached hydrogens (tertiary/aromatic N) is 1. The molecule has 0 aliphatic carbocycles. The van der Waals surface area contributed by atoms with E-state index in [0.29, 0.717) is 13.0 Å². The van der Waals surface area contributed by atoms with Crippen LogP contribution >= 0.6 is 0 Å². The highest BCUT2D eigenvalue weighted by Gasteiger charge is 2.33. The Morgan fingerprint density at radius 3 is 2.67 bits per heavy atom. The lowest BCUT2D eigenvalue weighted by atomic mass is 10.2. The van der Waals surface area contributed by atoms with E-state index in [0.717, 1.165) is 12.1 Å². The molecule has 0 aromatic carbocycles. The van der Waals surface area contributed by atoms with E-state index in [1.165, 1.54) is 0 Å². The molecule has 98 valence electrons. The van der Waals surface area contributed by atoms with E-state index in [9.17, 15) is 18.0 Å². The van der Waals surface area contributed by atoms with Crippen LogP contribution in [0.4, 0.5) is 19.0 Å². The molecule has 0 saturated carbocycles. The van der Waals surface area contributed by atoms with Crippen molar-refractivity contribution >= 4 is 11.7 Å². The zero-order chi connectivity index (χ0) is 13.8. The van der Waals surface area contributed by atoms with Gasteiger partial charge in [0.2, 0.25) is 0 Å². The molecule has 0 bridgehead atoms. The Hall–Kier alpha value is -2.05. The Bertz CT molecular complexity index is 457. The van der Waals surface area contributed by atoms with Crippen molar-refractivity contribution in [3.8, 4) is 0 Å². The van der Waals surface area contributed by atoms with Crippen LogP contribution in [0.1, 0.15) is 22.5 Å². The van der Waals surface area contributed by atoms with Gasteiger partial charge in [-0.3, -0.25) is 4.79 Å². The van der Waals surface area contributed by atoms with E-state index < -0.39 is 17.8 Å². The van der Waals surface area contributed by atoms with Crippen LogP contribution in [-0.4, -0.2) is 17.4 Å². The van der Waals surface area contributed by atoms with Gasteiger partial charge >= 0.3 is 6.18 Å². The molecule has 0 radical (unpaired) electrons. The van der Waals surface area contributed by atoms with Crippen LogP contribution in [0.15, 0.2) is 24.8 Å². The Kier molecular flexibility index (Phi) is 4.30. The zero-order valence-electron chi connectivity index (χ0n) is 9.42. The molecular formula is C11H12F3N3O. The zero-order valence-corrected chi connectivity index (χ0v) is 9.42. The maximum absolute atomic E-state index is 12.5. The number of nitrogens with two attached hydrogens (primary N) is 1. The van der Waals surface area contributed by atoms with Crippen molar-refractivity contribution < 1.29 is 18.0 Å². The number of alkyl halides is 3. The normalized spacial score (nSPS) is 11.1. The molecule has 0 aliphatic rings. The van der Waals surface area contributed by atoms with Crippen LogP contribution in [0.3, 0.4) is 0 Å². The minimum absolute atomic E-state index is 0.0768. The highest BCUT2D eigenvalue weighted by molar-refractivity contribution is 5.97. The number of halogens is 3. The van der Waals surface area contributed by atoms with Gasteiger partial charge in [0.1, 0.15) is 11.5 Å². The first-order chi connectivity index (χ1) is 8.36. The van der Waals surface area contributed by atoms with Crippen molar-refractivity contribution in [3.63, 3.8) is 0 Å². The second-order valence-corrected chi connectivity index (χ2v) is 3.46. The van der Waals surface area contributed by atoms with Gasteiger partial charge in [-0.2, -0.15) is 13.2 Å². The van der Waals surface area contributed by atoms with Crippen LogP contribution in [0, 0.1) is 0 Å². The fourth-order valence-electron chi connectivity index (χ4n) is 1.24. The first-order valence-corrected chi connectivity index (χ1v) is 5.09. The third-order valence-electron chi connectivity index (χ3n) is 2.09. The molecule has 4 nitrogen and oxygen atoms in total. The Balaban J connectivity index is 3.07. The Morgan fingerprint density at radius 1 is 1.50 bits per heavy atom. The van der Waals surface area contributed by atoms with E-state index in [1.54, 1.807) is 6.08 Å². The third-order valence-corrected chi connectivity index (χ3v) is 2.09. The van der Waals surface area contributed by atoms with Crippen molar-refractivity contribution in [2.75, 3.05) is 11.9 Å².